The number of morpholine rings is 1. The zero-order chi connectivity index (χ0) is 13.0. The van der Waals surface area contributed by atoms with Crippen LogP contribution in [0.1, 0.15) is 29.8 Å². The zero-order valence-corrected chi connectivity index (χ0v) is 11.2. The molecule has 98 valence electrons. The Morgan fingerprint density at radius 1 is 1.33 bits per heavy atom. The van der Waals surface area contributed by atoms with Crippen molar-refractivity contribution in [1.29, 1.82) is 0 Å². The first-order valence-corrected chi connectivity index (χ1v) is 6.71. The minimum absolute atomic E-state index is 0.107. The number of hydrogen-bond acceptors (Lipinski definition) is 3. The van der Waals surface area contributed by atoms with Crippen LogP contribution in [0.25, 0.3) is 0 Å². The van der Waals surface area contributed by atoms with E-state index < -0.39 is 0 Å². The number of hydrogen-bond donors (Lipinski definition) is 0. The fraction of sp³-hybridized carbons (Fsp3) is 0.533. The van der Waals surface area contributed by atoms with Crippen molar-refractivity contribution >= 4 is 5.78 Å². The van der Waals surface area contributed by atoms with Gasteiger partial charge in [-0.05, 0) is 18.5 Å². The number of rotatable bonds is 4. The summed E-state index contributed by atoms with van der Waals surface area (Å²) in [5.41, 5.74) is 2.02. The van der Waals surface area contributed by atoms with Crippen LogP contribution < -0.4 is 0 Å². The van der Waals surface area contributed by atoms with E-state index in [9.17, 15) is 4.79 Å². The summed E-state index contributed by atoms with van der Waals surface area (Å²) >= 11 is 0. The van der Waals surface area contributed by atoms with Gasteiger partial charge in [0.05, 0.1) is 6.61 Å². The molecule has 0 spiro atoms. The summed E-state index contributed by atoms with van der Waals surface area (Å²) in [6.07, 6.45) is 0.698. The van der Waals surface area contributed by atoms with Crippen molar-refractivity contribution in [3.63, 3.8) is 0 Å². The van der Waals surface area contributed by atoms with Gasteiger partial charge in [0.2, 0.25) is 0 Å². The maximum absolute atomic E-state index is 12.3. The molecule has 3 nitrogen and oxygen atoms in total. The van der Waals surface area contributed by atoms with Crippen molar-refractivity contribution in [2.75, 3.05) is 26.2 Å². The molecule has 0 amide bonds. The molecular weight excluding hydrogens is 226 g/mol. The molecule has 0 radical (unpaired) electrons. The van der Waals surface area contributed by atoms with Crippen LogP contribution in [-0.4, -0.2) is 43.0 Å². The quantitative estimate of drug-likeness (QED) is 0.764. The summed E-state index contributed by atoms with van der Waals surface area (Å²) in [7, 11) is 0. The van der Waals surface area contributed by atoms with Crippen LogP contribution >= 0.6 is 0 Å². The first-order chi connectivity index (χ1) is 8.74. The highest BCUT2D eigenvalue weighted by Gasteiger charge is 2.26. The first-order valence-electron chi connectivity index (χ1n) is 6.71. The van der Waals surface area contributed by atoms with Crippen molar-refractivity contribution in [3.05, 3.63) is 35.4 Å². The Bertz CT molecular complexity index is 399. The van der Waals surface area contributed by atoms with Crippen LogP contribution in [0.15, 0.2) is 24.3 Å². The third kappa shape index (κ3) is 2.98. The fourth-order valence-corrected chi connectivity index (χ4v) is 2.24. The van der Waals surface area contributed by atoms with E-state index in [1.165, 1.54) is 5.56 Å². The number of Topliss-reactive ketones (excluding diaryl/α,β-unsaturated/α-hetero) is 1. The molecule has 1 aromatic carbocycles. The van der Waals surface area contributed by atoms with Crippen molar-refractivity contribution in [1.82, 2.24) is 4.90 Å². The third-order valence-corrected chi connectivity index (χ3v) is 3.54. The lowest BCUT2D eigenvalue weighted by Crippen LogP contribution is -2.45. The molecule has 1 heterocycles. The van der Waals surface area contributed by atoms with Crippen LogP contribution in [0.4, 0.5) is 0 Å². The molecular formula is C15H21NO2. The van der Waals surface area contributed by atoms with Crippen LogP contribution in [0.5, 0.6) is 0 Å². The number of carbonyl (C=O) groups is 1. The van der Waals surface area contributed by atoms with Crippen molar-refractivity contribution in [2.45, 2.75) is 26.4 Å². The molecule has 0 bridgehead atoms. The normalized spacial score (nSPS) is 20.9. The maximum atomic E-state index is 12.3. The van der Waals surface area contributed by atoms with Crippen LogP contribution in [0, 0.1) is 0 Å². The maximum Gasteiger partial charge on any atom is 0.192 e. The highest BCUT2D eigenvalue weighted by atomic mass is 16.5. The molecule has 1 unspecified atom stereocenters. The van der Waals surface area contributed by atoms with Gasteiger partial charge >= 0.3 is 0 Å². The SMILES string of the molecule is CCc1ccc(C(=O)C2CN(CC)CCO2)cc1. The number of nitrogens with zero attached hydrogens (tertiary/aromatic N) is 1. The molecule has 2 rings (SSSR count). The van der Waals surface area contributed by atoms with E-state index in [-0.39, 0.29) is 11.9 Å². The third-order valence-electron chi connectivity index (χ3n) is 3.54. The Morgan fingerprint density at radius 2 is 2.06 bits per heavy atom. The Labute approximate surface area is 109 Å². The van der Waals surface area contributed by atoms with Gasteiger partial charge in [0.25, 0.3) is 0 Å². The molecule has 1 atom stereocenters. The summed E-state index contributed by atoms with van der Waals surface area (Å²) in [5.74, 6) is 0.107. The molecule has 0 aliphatic carbocycles. The van der Waals surface area contributed by atoms with Gasteiger partial charge in [-0.25, -0.2) is 0 Å². The molecule has 1 aromatic rings. The molecule has 0 saturated carbocycles. The lowest BCUT2D eigenvalue weighted by molar-refractivity contribution is -0.0148. The lowest BCUT2D eigenvalue weighted by atomic mass is 10.0. The van der Waals surface area contributed by atoms with Gasteiger partial charge in [0.15, 0.2) is 5.78 Å². The predicted octanol–water partition coefficient (Wildman–Crippen LogP) is 2.15. The van der Waals surface area contributed by atoms with Crippen LogP contribution in [0.3, 0.4) is 0 Å². The number of ketones is 1. The monoisotopic (exact) mass is 247 g/mol. The number of carbonyl (C=O) groups excluding carboxylic acids is 1. The highest BCUT2D eigenvalue weighted by molar-refractivity contribution is 5.99. The van der Waals surface area contributed by atoms with E-state index in [1.54, 1.807) is 0 Å². The van der Waals surface area contributed by atoms with E-state index in [1.807, 2.05) is 24.3 Å². The smallest absolute Gasteiger partial charge is 0.192 e. The van der Waals surface area contributed by atoms with Gasteiger partial charge in [0, 0.05) is 18.7 Å². The fourth-order valence-electron chi connectivity index (χ4n) is 2.24. The molecule has 0 N–H and O–H groups in total. The number of ether oxygens (including phenoxy) is 1. The number of benzene rings is 1. The van der Waals surface area contributed by atoms with Crippen LogP contribution in [0.2, 0.25) is 0 Å². The average molecular weight is 247 g/mol. The summed E-state index contributed by atoms with van der Waals surface area (Å²) in [4.78, 5) is 14.6. The minimum Gasteiger partial charge on any atom is -0.367 e. The zero-order valence-electron chi connectivity index (χ0n) is 11.2. The number of likely N-dealkylation sites (N-methyl/N-ethyl adjacent to an activating group) is 1. The van der Waals surface area contributed by atoms with Crippen molar-refractivity contribution in [3.8, 4) is 0 Å². The van der Waals surface area contributed by atoms with Gasteiger partial charge in [0.1, 0.15) is 6.10 Å². The van der Waals surface area contributed by atoms with E-state index in [2.05, 4.69) is 18.7 Å². The van der Waals surface area contributed by atoms with Crippen LogP contribution in [-0.2, 0) is 11.2 Å². The summed E-state index contributed by atoms with van der Waals surface area (Å²) in [6, 6.07) is 7.87. The van der Waals surface area contributed by atoms with Gasteiger partial charge in [-0.2, -0.15) is 0 Å². The Hall–Kier alpha value is -1.19. The van der Waals surface area contributed by atoms with Gasteiger partial charge < -0.3 is 4.74 Å². The van der Waals surface area contributed by atoms with Gasteiger partial charge in [-0.1, -0.05) is 38.1 Å². The second-order valence-corrected chi connectivity index (χ2v) is 4.67. The summed E-state index contributed by atoms with van der Waals surface area (Å²) in [6.45, 7) is 7.49. The molecule has 1 aliphatic heterocycles. The Morgan fingerprint density at radius 3 is 2.67 bits per heavy atom. The molecule has 0 aromatic heterocycles. The molecule has 18 heavy (non-hydrogen) atoms. The number of aryl methyl sites for hydroxylation is 1. The van der Waals surface area contributed by atoms with E-state index in [0.29, 0.717) is 13.2 Å². The van der Waals surface area contributed by atoms with E-state index in [0.717, 1.165) is 25.1 Å². The van der Waals surface area contributed by atoms with E-state index in [4.69, 9.17) is 4.74 Å². The minimum atomic E-state index is -0.300. The summed E-state index contributed by atoms with van der Waals surface area (Å²) < 4.78 is 5.59. The first kappa shape index (κ1) is 13.2. The van der Waals surface area contributed by atoms with Crippen molar-refractivity contribution in [2.24, 2.45) is 0 Å². The largest absolute Gasteiger partial charge is 0.367 e. The second kappa shape index (κ2) is 6.12. The predicted molar refractivity (Wildman–Crippen MR) is 72.0 cm³/mol. The molecule has 3 heteroatoms. The second-order valence-electron chi connectivity index (χ2n) is 4.67. The van der Waals surface area contributed by atoms with Gasteiger partial charge in [-0.3, -0.25) is 9.69 Å². The Kier molecular flexibility index (Phi) is 4.50. The van der Waals surface area contributed by atoms with E-state index >= 15 is 0 Å². The van der Waals surface area contributed by atoms with Crippen molar-refractivity contribution < 1.29 is 9.53 Å². The molecule has 1 fully saturated rings. The molecule has 1 aliphatic rings. The lowest BCUT2D eigenvalue weighted by Gasteiger charge is -2.31. The Balaban J connectivity index is 2.05. The standard InChI is InChI=1S/C15H21NO2/c1-3-12-5-7-13(8-6-12)15(17)14-11-16(4-2)9-10-18-14/h5-8,14H,3-4,9-11H2,1-2H3. The topological polar surface area (TPSA) is 29.5 Å². The highest BCUT2D eigenvalue weighted by Crippen LogP contribution is 2.13. The summed E-state index contributed by atoms with van der Waals surface area (Å²) in [5, 5.41) is 0. The van der Waals surface area contributed by atoms with Gasteiger partial charge in [-0.15, -0.1) is 0 Å². The molecule has 1 saturated heterocycles. The average Bonchev–Trinajstić information content (AvgIpc) is 2.46.